The van der Waals surface area contributed by atoms with Crippen LogP contribution in [0, 0.1) is 0 Å². The van der Waals surface area contributed by atoms with E-state index >= 15 is 18.3 Å². The zero-order valence-electron chi connectivity index (χ0n) is 45.0. The van der Waals surface area contributed by atoms with E-state index < -0.39 is 34.0 Å². The first-order valence-electron chi connectivity index (χ1n) is 28.1. The van der Waals surface area contributed by atoms with Crippen LogP contribution in [0.15, 0.2) is 306 Å². The molecule has 0 amide bonds. The van der Waals surface area contributed by atoms with Gasteiger partial charge in [-0.3, -0.25) is 0 Å². The van der Waals surface area contributed by atoms with E-state index in [1.165, 1.54) is 0 Å². The van der Waals surface area contributed by atoms with Gasteiger partial charge in [-0.1, -0.05) is 193 Å². The van der Waals surface area contributed by atoms with Crippen LogP contribution in [0.4, 0.5) is 0 Å². The minimum absolute atomic E-state index is 0.695. The Morgan fingerprint density at radius 1 is 0.212 bits per heavy atom. The van der Waals surface area contributed by atoms with Crippen LogP contribution in [0.1, 0.15) is 22.3 Å². The van der Waals surface area contributed by atoms with Crippen molar-refractivity contribution in [2.24, 2.45) is 0 Å². The number of benzene rings is 12. The minimum atomic E-state index is -3.61. The zero-order chi connectivity index (χ0) is 56.6. The van der Waals surface area contributed by atoms with Crippen molar-refractivity contribution in [1.82, 2.24) is 0 Å². The van der Waals surface area contributed by atoms with Crippen molar-refractivity contribution in [3.05, 3.63) is 289 Å². The molecule has 0 atom stereocenters. The van der Waals surface area contributed by atoms with Crippen molar-refractivity contribution in [2.45, 2.75) is 44.6 Å². The summed E-state index contributed by atoms with van der Waals surface area (Å²) in [5.74, 6) is 0. The molecule has 0 aromatic heterocycles. The average molecular weight is 1240 g/mol. The molecular weight excluding hydrogens is 1190 g/mol. The molecule has 18 rings (SSSR count). The van der Waals surface area contributed by atoms with Gasteiger partial charge in [0.2, 0.25) is 0 Å². The normalized spacial score (nSPS) is 16.9. The lowest BCUT2D eigenvalue weighted by atomic mass is 9.70. The van der Waals surface area contributed by atoms with E-state index in [9.17, 15) is 0 Å². The van der Waals surface area contributed by atoms with Gasteiger partial charge in [-0.25, -0.2) is 0 Å². The van der Waals surface area contributed by atoms with Crippen molar-refractivity contribution >= 4 is 139 Å². The molecule has 0 radical (unpaired) electrons. The first-order valence-corrected chi connectivity index (χ1v) is 38.2. The van der Waals surface area contributed by atoms with E-state index in [0.717, 1.165) is 126 Å². The molecule has 404 valence electrons. The third-order valence-corrected chi connectivity index (χ3v) is 36.6. The summed E-state index contributed by atoms with van der Waals surface area (Å²) in [5, 5.41) is 9.15. The lowest BCUT2D eigenvalue weighted by molar-refractivity contribution is 0.591. The van der Waals surface area contributed by atoms with Gasteiger partial charge < -0.3 is 18.3 Å². The van der Waals surface area contributed by atoms with Crippen LogP contribution >= 0.6 is 75.6 Å². The van der Waals surface area contributed by atoms with E-state index in [-0.39, 0.29) is 0 Å². The van der Waals surface area contributed by atoms with Crippen LogP contribution in [0.25, 0.3) is 22.3 Å². The molecule has 0 N–H and O–H groups in total. The minimum Gasteiger partial charge on any atom is -0.309 e. The number of hydrogen-bond donors (Lipinski definition) is 0. The van der Waals surface area contributed by atoms with Crippen LogP contribution < -0.4 is 63.7 Å². The maximum Gasteiger partial charge on any atom is 0.173 e. The molecule has 12 aromatic carbocycles. The largest absolute Gasteiger partial charge is 0.309 e. The lowest BCUT2D eigenvalue weighted by Gasteiger charge is -2.35. The Morgan fingerprint density at radius 3 is 0.553 bits per heavy atom. The van der Waals surface area contributed by atoms with Gasteiger partial charge in [0.1, 0.15) is 0 Å². The summed E-state index contributed by atoms with van der Waals surface area (Å²) < 4.78 is 68.5. The Morgan fingerprint density at radius 2 is 0.376 bits per heavy atom. The molecular formula is C73H44O4P4S4. The second kappa shape index (κ2) is 18.5. The van der Waals surface area contributed by atoms with Gasteiger partial charge in [0.15, 0.2) is 28.6 Å². The highest BCUT2D eigenvalue weighted by Crippen LogP contribution is 2.66. The van der Waals surface area contributed by atoms with Crippen LogP contribution in [-0.2, 0) is 23.7 Å². The quantitative estimate of drug-likeness (QED) is 0.162. The Hall–Kier alpha value is -7.04. The average Bonchev–Trinajstić information content (AvgIpc) is 1.58. The zero-order valence-corrected chi connectivity index (χ0v) is 51.8. The Labute approximate surface area is 509 Å². The third-order valence-electron chi connectivity index (χ3n) is 18.2. The van der Waals surface area contributed by atoms with Gasteiger partial charge in [0.25, 0.3) is 0 Å². The van der Waals surface area contributed by atoms with E-state index in [1.807, 2.05) is 146 Å². The smallest absolute Gasteiger partial charge is 0.173 e. The van der Waals surface area contributed by atoms with Crippen LogP contribution in [0.5, 0.6) is 0 Å². The van der Waals surface area contributed by atoms with E-state index in [4.69, 9.17) is 0 Å². The summed E-state index contributed by atoms with van der Waals surface area (Å²) in [6, 6.07) is 90.8. The molecule has 4 nitrogen and oxygen atoms in total. The molecule has 0 unspecified atom stereocenters. The molecule has 0 saturated heterocycles. The predicted molar refractivity (Wildman–Crippen MR) is 357 cm³/mol. The van der Waals surface area contributed by atoms with Crippen molar-refractivity contribution < 1.29 is 18.3 Å². The maximum atomic E-state index is 17.1. The fraction of sp³-hybridized carbons (Fsp3) is 0.0137. The Balaban J connectivity index is 0.989. The highest BCUT2D eigenvalue weighted by molar-refractivity contribution is 8.04. The molecule has 6 aliphatic rings. The molecule has 12 aromatic rings. The predicted octanol–water partition coefficient (Wildman–Crippen LogP) is 14.4. The summed E-state index contributed by atoms with van der Waals surface area (Å²) in [6.45, 7) is 0. The van der Waals surface area contributed by atoms with Gasteiger partial charge >= 0.3 is 0 Å². The fourth-order valence-corrected chi connectivity index (χ4v) is 33.3. The first-order chi connectivity index (χ1) is 41.6. The van der Waals surface area contributed by atoms with Crippen LogP contribution in [0.3, 0.4) is 0 Å². The van der Waals surface area contributed by atoms with Crippen molar-refractivity contribution in [3.8, 4) is 22.3 Å². The molecule has 4 heterocycles. The Kier molecular flexibility index (Phi) is 11.1. The summed E-state index contributed by atoms with van der Waals surface area (Å²) in [7, 11) is -14.4. The standard InChI is InChI=1S/C73H44O4P4S4/c74-78(57-17-1-9-25-65(57)82-66-26-10-2-18-58(66)78)45-33-37-49-50-38-34-46(79(75)59-19-3-11-27-67(59)83-68-28-12-4-20-60(68)79)42-54(50)73(53(49)41-45)55-43-47(80(76)61-21-5-13-29-69(61)84-70-30-14-6-22-62(70)80)35-39-51(55)52-40-36-48(44-56(52)73)81(77)63-23-7-15-31-71(63)85-72-32-16-8-24-64(72)81/h1-44H. The molecule has 0 bridgehead atoms. The topological polar surface area (TPSA) is 68.3 Å². The number of fused-ring (bicyclic) bond motifs is 18. The van der Waals surface area contributed by atoms with Crippen molar-refractivity contribution in [3.63, 3.8) is 0 Å². The van der Waals surface area contributed by atoms with E-state index in [0.29, 0.717) is 21.2 Å². The maximum absolute atomic E-state index is 17.1. The second-order valence-corrected chi connectivity index (χ2v) is 37.4. The van der Waals surface area contributed by atoms with E-state index in [1.54, 1.807) is 47.0 Å². The van der Waals surface area contributed by atoms with Gasteiger partial charge in [-0.2, -0.15) is 0 Å². The second-order valence-electron chi connectivity index (χ2n) is 22.3. The SMILES string of the molecule is O=P1(c2ccc3c(c2)C2(c4cc(P5(=O)c6ccccc6Sc6ccccc65)ccc4-3)c3cc(P4(=O)c5ccccc5Sc5ccccc54)ccc3-c3ccc(P4(=O)c5ccccc5Sc5ccccc54)cc32)c2ccccc2Sc2ccccc21. The van der Waals surface area contributed by atoms with Crippen LogP contribution in [0.2, 0.25) is 0 Å². The van der Waals surface area contributed by atoms with Crippen LogP contribution in [-0.4, -0.2) is 0 Å². The van der Waals surface area contributed by atoms with Crippen molar-refractivity contribution in [1.29, 1.82) is 0 Å². The molecule has 2 aliphatic carbocycles. The molecule has 85 heavy (non-hydrogen) atoms. The fourth-order valence-electron chi connectivity index (χ4n) is 14.5. The van der Waals surface area contributed by atoms with Gasteiger partial charge in [-0.15, -0.1) is 0 Å². The highest BCUT2D eigenvalue weighted by Gasteiger charge is 2.55. The number of rotatable bonds is 4. The molecule has 1 spiro atoms. The summed E-state index contributed by atoms with van der Waals surface area (Å²) in [6.07, 6.45) is 0. The molecule has 4 aliphatic heterocycles. The van der Waals surface area contributed by atoms with Gasteiger partial charge in [0.05, 0.1) is 5.41 Å². The molecule has 0 fully saturated rings. The van der Waals surface area contributed by atoms with Crippen molar-refractivity contribution in [2.75, 3.05) is 0 Å². The van der Waals surface area contributed by atoms with Gasteiger partial charge in [0, 0.05) is 103 Å². The first kappa shape index (κ1) is 51.2. The monoisotopic (exact) mass is 1240 g/mol. The summed E-state index contributed by atoms with van der Waals surface area (Å²) in [5.41, 5.74) is 6.18. The molecule has 0 saturated carbocycles. The lowest BCUT2D eigenvalue weighted by Crippen LogP contribution is -2.35. The molecule has 12 heteroatoms. The van der Waals surface area contributed by atoms with Gasteiger partial charge in [-0.05, 0) is 166 Å². The third kappa shape index (κ3) is 6.76. The summed E-state index contributed by atoms with van der Waals surface area (Å²) >= 11 is 6.62. The highest BCUT2D eigenvalue weighted by atomic mass is 32.2. The summed E-state index contributed by atoms with van der Waals surface area (Å²) in [4.78, 5) is 7.68. The number of hydrogen-bond acceptors (Lipinski definition) is 8. The Bertz CT molecular complexity index is 4380. The van der Waals surface area contributed by atoms with E-state index in [2.05, 4.69) is 121 Å².